The molecule has 0 aliphatic carbocycles. The first-order valence-corrected chi connectivity index (χ1v) is 16.6. The van der Waals surface area contributed by atoms with Crippen LogP contribution in [0.1, 0.15) is 55.2 Å². The number of terminal acetylenes is 1. The number of hydrogen-bond acceptors (Lipinski definition) is 7. The van der Waals surface area contributed by atoms with Gasteiger partial charge < -0.3 is 29.9 Å². The maximum atomic E-state index is 14.0. The second-order valence-electron chi connectivity index (χ2n) is 13.1. The normalized spacial score (nSPS) is 21.1. The van der Waals surface area contributed by atoms with Gasteiger partial charge in [-0.1, -0.05) is 35.7 Å². The van der Waals surface area contributed by atoms with Crippen molar-refractivity contribution in [2.45, 2.75) is 56.7 Å². The molecule has 2 aromatic rings. The third-order valence-corrected chi connectivity index (χ3v) is 10.7. The van der Waals surface area contributed by atoms with Gasteiger partial charge >= 0.3 is 12.2 Å². The summed E-state index contributed by atoms with van der Waals surface area (Å²) in [7, 11) is 2.17. The van der Waals surface area contributed by atoms with E-state index < -0.39 is 23.9 Å². The van der Waals surface area contributed by atoms with Crippen LogP contribution in [-0.4, -0.2) is 85.2 Å². The van der Waals surface area contributed by atoms with Crippen LogP contribution in [0, 0.1) is 24.2 Å². The first-order chi connectivity index (χ1) is 22.2. The molecule has 11 heteroatoms. The van der Waals surface area contributed by atoms with Crippen molar-refractivity contribution in [3.05, 3.63) is 58.1 Å². The van der Waals surface area contributed by atoms with Gasteiger partial charge in [-0.15, -0.1) is 6.42 Å². The number of likely N-dealkylation sites (tertiary alicyclic amines) is 3. The number of piperidine rings is 3. The topological polar surface area (TPSA) is 117 Å². The highest BCUT2D eigenvalue weighted by atomic mass is 35.5. The molecule has 4 aliphatic heterocycles. The van der Waals surface area contributed by atoms with Crippen molar-refractivity contribution in [3.8, 4) is 12.3 Å². The molecule has 2 aromatic carbocycles. The predicted molar refractivity (Wildman–Crippen MR) is 176 cm³/mol. The molecule has 3 N–H and O–H groups in total. The number of carbonyl (C=O) groups excluding carboxylic acids is 3. The van der Waals surface area contributed by atoms with Gasteiger partial charge in [0.2, 0.25) is 0 Å². The molecular weight excluding hydrogens is 606 g/mol. The van der Waals surface area contributed by atoms with E-state index in [2.05, 4.69) is 23.2 Å². The summed E-state index contributed by atoms with van der Waals surface area (Å²) in [4.78, 5) is 45.8. The summed E-state index contributed by atoms with van der Waals surface area (Å²) < 4.78 is 11.8. The Labute approximate surface area is 275 Å². The van der Waals surface area contributed by atoms with Gasteiger partial charge in [-0.25, -0.2) is 9.59 Å². The highest BCUT2D eigenvalue weighted by Crippen LogP contribution is 2.43. The van der Waals surface area contributed by atoms with Crippen LogP contribution in [0.4, 0.5) is 21.0 Å². The van der Waals surface area contributed by atoms with E-state index in [0.29, 0.717) is 78.4 Å². The van der Waals surface area contributed by atoms with Gasteiger partial charge in [-0.05, 0) is 81.4 Å². The van der Waals surface area contributed by atoms with Crippen LogP contribution in [0.3, 0.4) is 0 Å². The third kappa shape index (κ3) is 6.62. The number of nitrogens with zero attached hydrogens (tertiary/aromatic N) is 3. The van der Waals surface area contributed by atoms with E-state index in [1.807, 2.05) is 29.2 Å². The monoisotopic (exact) mass is 647 g/mol. The fraction of sp³-hybridized carbons (Fsp3) is 0.514. The molecule has 244 valence electrons. The van der Waals surface area contributed by atoms with Crippen LogP contribution in [0.15, 0.2) is 36.4 Å². The SMILES string of the molecule is C#Cc1cc(C[C@@H](OC(=O)N2CCC3(CC2)OC(=O)Nc2ccccc23)C(=O)N2CCC(C3CCN(C)CC3)CC2)cc(Cl)c1N. The smallest absolute Gasteiger partial charge is 0.412 e. The van der Waals surface area contributed by atoms with Gasteiger partial charge in [0, 0.05) is 56.6 Å². The van der Waals surface area contributed by atoms with Gasteiger partial charge in [0.1, 0.15) is 5.60 Å². The fourth-order valence-corrected chi connectivity index (χ4v) is 7.82. The van der Waals surface area contributed by atoms with Crippen LogP contribution in [0.25, 0.3) is 0 Å². The zero-order valence-corrected chi connectivity index (χ0v) is 27.1. The van der Waals surface area contributed by atoms with E-state index in [9.17, 15) is 14.4 Å². The predicted octanol–water partition coefficient (Wildman–Crippen LogP) is 5.09. The lowest BCUT2D eigenvalue weighted by atomic mass is 9.79. The Hall–Kier alpha value is -3.94. The number of nitrogens with one attached hydrogen (secondary N) is 1. The summed E-state index contributed by atoms with van der Waals surface area (Å²) in [5.74, 6) is 3.62. The minimum atomic E-state index is -1.06. The van der Waals surface area contributed by atoms with Crippen molar-refractivity contribution in [1.82, 2.24) is 14.7 Å². The minimum absolute atomic E-state index is 0.114. The van der Waals surface area contributed by atoms with Gasteiger partial charge in [-0.2, -0.15) is 0 Å². The van der Waals surface area contributed by atoms with Crippen LogP contribution in [-0.2, 0) is 26.3 Å². The number of benzene rings is 2. The maximum absolute atomic E-state index is 14.0. The third-order valence-electron chi connectivity index (χ3n) is 10.3. The molecule has 6 rings (SSSR count). The number of para-hydroxylation sites is 1. The number of amides is 3. The van der Waals surface area contributed by atoms with E-state index in [4.69, 9.17) is 33.2 Å². The maximum Gasteiger partial charge on any atom is 0.412 e. The Morgan fingerprint density at radius 3 is 2.39 bits per heavy atom. The molecule has 4 aliphatic rings. The van der Waals surface area contributed by atoms with Crippen LogP contribution in [0.2, 0.25) is 5.02 Å². The van der Waals surface area contributed by atoms with Crippen LogP contribution in [0.5, 0.6) is 0 Å². The number of rotatable bonds is 5. The molecule has 10 nitrogen and oxygen atoms in total. The highest BCUT2D eigenvalue weighted by Gasteiger charge is 2.46. The molecule has 46 heavy (non-hydrogen) atoms. The number of ether oxygens (including phenoxy) is 2. The number of nitrogen functional groups attached to an aromatic ring is 1. The number of anilines is 2. The molecule has 3 fully saturated rings. The van der Waals surface area contributed by atoms with Gasteiger partial charge in [-0.3, -0.25) is 10.1 Å². The first kappa shape index (κ1) is 32.0. The molecule has 3 saturated heterocycles. The van der Waals surface area contributed by atoms with Gasteiger partial charge in [0.25, 0.3) is 5.91 Å². The molecule has 1 atom stereocenters. The summed E-state index contributed by atoms with van der Waals surface area (Å²) in [6, 6.07) is 10.9. The molecule has 3 amide bonds. The van der Waals surface area contributed by atoms with E-state index in [1.54, 1.807) is 17.0 Å². The Bertz CT molecular complexity index is 1520. The second kappa shape index (κ2) is 13.4. The fourth-order valence-electron chi connectivity index (χ4n) is 7.58. The van der Waals surface area contributed by atoms with Crippen molar-refractivity contribution < 1.29 is 23.9 Å². The summed E-state index contributed by atoms with van der Waals surface area (Å²) in [5.41, 5.74) is 8.22. The Morgan fingerprint density at radius 1 is 1.07 bits per heavy atom. The lowest BCUT2D eigenvalue weighted by Gasteiger charge is -2.44. The Kier molecular flexibility index (Phi) is 9.34. The van der Waals surface area contributed by atoms with Crippen molar-refractivity contribution in [1.29, 1.82) is 0 Å². The molecule has 1 spiro atoms. The summed E-state index contributed by atoms with van der Waals surface area (Å²) in [6.45, 7) is 4.11. The molecular formula is C35H42ClN5O5. The van der Waals surface area contributed by atoms with E-state index >= 15 is 0 Å². The largest absolute Gasteiger partial charge is 0.438 e. The number of fused-ring (bicyclic) bond motifs is 2. The molecule has 4 heterocycles. The van der Waals surface area contributed by atoms with Crippen molar-refractivity contribution >= 4 is 41.1 Å². The molecule has 0 aromatic heterocycles. The molecule has 0 radical (unpaired) electrons. The molecule has 0 saturated carbocycles. The van der Waals surface area contributed by atoms with E-state index in [-0.39, 0.29) is 12.3 Å². The molecule has 0 bridgehead atoms. The number of nitrogens with two attached hydrogens (primary N) is 1. The van der Waals surface area contributed by atoms with Gasteiger partial charge in [0.05, 0.1) is 16.4 Å². The van der Waals surface area contributed by atoms with Crippen molar-refractivity contribution in [2.24, 2.45) is 11.8 Å². The average molecular weight is 648 g/mol. The summed E-state index contributed by atoms with van der Waals surface area (Å²) in [5, 5.41) is 3.05. The van der Waals surface area contributed by atoms with Crippen molar-refractivity contribution in [3.63, 3.8) is 0 Å². The van der Waals surface area contributed by atoms with E-state index in [1.165, 1.54) is 12.8 Å². The quantitative estimate of drug-likeness (QED) is 0.343. The summed E-state index contributed by atoms with van der Waals surface area (Å²) in [6.07, 6.45) is 8.73. The first-order valence-electron chi connectivity index (χ1n) is 16.2. The number of carbonyl (C=O) groups is 3. The van der Waals surface area contributed by atoms with Crippen molar-refractivity contribution in [2.75, 3.05) is 57.4 Å². The lowest BCUT2D eigenvalue weighted by molar-refractivity contribution is -0.143. The average Bonchev–Trinajstić information content (AvgIpc) is 3.06. The summed E-state index contributed by atoms with van der Waals surface area (Å²) >= 11 is 6.38. The second-order valence-corrected chi connectivity index (χ2v) is 13.5. The molecule has 0 unspecified atom stereocenters. The highest BCUT2D eigenvalue weighted by molar-refractivity contribution is 6.33. The standard InChI is InChI=1S/C35H42ClN5O5/c1-3-24-20-23(21-28(36)31(24)37)22-30(32(42)40-16-10-26(11-17-40)25-8-14-39(2)15-9-25)45-34(44)41-18-12-35(13-19-41)27-6-4-5-7-29(27)38-33(43)46-35/h1,4-7,20-21,25-26,30H,8-19,22,37H2,2H3,(H,38,43)/t30-/m1/s1. The lowest BCUT2D eigenvalue weighted by Crippen LogP contribution is -2.52. The minimum Gasteiger partial charge on any atom is -0.438 e. The zero-order valence-electron chi connectivity index (χ0n) is 26.3. The Morgan fingerprint density at radius 2 is 1.72 bits per heavy atom. The Balaban J connectivity index is 1.15. The van der Waals surface area contributed by atoms with Crippen LogP contribution < -0.4 is 11.1 Å². The zero-order chi connectivity index (χ0) is 32.4. The number of halogens is 1. The van der Waals surface area contributed by atoms with E-state index in [0.717, 1.165) is 31.5 Å². The van der Waals surface area contributed by atoms with Gasteiger partial charge in [0.15, 0.2) is 6.10 Å². The van der Waals surface area contributed by atoms with Crippen LogP contribution >= 0.6 is 11.6 Å². The number of hydrogen-bond donors (Lipinski definition) is 2.